The number of nitrogens with one attached hydrogen (secondary N) is 3. The number of thiocarbonyl (C=S) groups is 1. The van der Waals surface area contributed by atoms with Crippen LogP contribution in [0.5, 0.6) is 5.75 Å². The molecule has 33 heavy (non-hydrogen) atoms. The van der Waals surface area contributed by atoms with Crippen LogP contribution in [-0.4, -0.2) is 28.1 Å². The van der Waals surface area contributed by atoms with Crippen molar-refractivity contribution >= 4 is 63.7 Å². The Balaban J connectivity index is 1.81. The zero-order chi connectivity index (χ0) is 23.8. The predicted molar refractivity (Wildman–Crippen MR) is 139 cm³/mol. The normalized spacial score (nSPS) is 12.0. The highest BCUT2D eigenvalue weighted by Gasteiger charge is 2.36. The van der Waals surface area contributed by atoms with E-state index < -0.39 is 15.9 Å². The van der Waals surface area contributed by atoms with Crippen molar-refractivity contribution in [2.75, 3.05) is 12.4 Å². The van der Waals surface area contributed by atoms with E-state index in [1.54, 1.807) is 19.2 Å². The van der Waals surface area contributed by atoms with E-state index in [2.05, 4.69) is 16.0 Å². The van der Waals surface area contributed by atoms with Gasteiger partial charge in [0, 0.05) is 0 Å². The first-order valence-electron chi connectivity index (χ1n) is 9.97. The monoisotopic (exact) mass is 521 g/mol. The summed E-state index contributed by atoms with van der Waals surface area (Å²) in [5, 5.41) is 8.82. The van der Waals surface area contributed by atoms with E-state index >= 15 is 0 Å². The molecule has 0 radical (unpaired) electrons. The number of methoxy groups -OCH3 is 1. The Labute approximate surface area is 213 Å². The fourth-order valence-electron chi connectivity index (χ4n) is 3.25. The molecule has 0 heterocycles. The smallest absolute Gasteiger partial charge is 0.233 e. The lowest BCUT2D eigenvalue weighted by atomic mass is 9.90. The Kier molecular flexibility index (Phi) is 8.80. The zero-order valence-corrected chi connectivity index (χ0v) is 20.7. The van der Waals surface area contributed by atoms with Crippen LogP contribution >= 0.6 is 47.0 Å². The Morgan fingerprint density at radius 3 is 1.88 bits per heavy atom. The highest BCUT2D eigenvalue weighted by Crippen LogP contribution is 2.31. The molecule has 1 amide bonds. The maximum atomic E-state index is 13.4. The molecule has 3 N–H and O–H groups in total. The molecule has 0 aliphatic rings. The second-order valence-corrected chi connectivity index (χ2v) is 9.81. The van der Waals surface area contributed by atoms with E-state index in [1.165, 1.54) is 0 Å². The van der Waals surface area contributed by atoms with Crippen LogP contribution in [0.25, 0.3) is 0 Å². The van der Waals surface area contributed by atoms with Gasteiger partial charge in [-0.1, -0.05) is 108 Å². The molecule has 5 nitrogen and oxygen atoms in total. The van der Waals surface area contributed by atoms with E-state index in [0.717, 1.165) is 11.1 Å². The van der Waals surface area contributed by atoms with Crippen molar-refractivity contribution in [3.8, 4) is 5.75 Å². The number of anilines is 1. The Hall–Kier alpha value is -2.51. The number of carbonyl (C=O) groups excluding carboxylic acids is 1. The van der Waals surface area contributed by atoms with Gasteiger partial charge in [-0.05, 0) is 35.5 Å². The van der Waals surface area contributed by atoms with Crippen LogP contribution in [-0.2, 0) is 4.79 Å². The van der Waals surface area contributed by atoms with Crippen molar-refractivity contribution in [2.24, 2.45) is 0 Å². The lowest BCUT2D eigenvalue weighted by Gasteiger charge is -2.30. The molecule has 0 unspecified atom stereocenters. The number of ether oxygens (including phenoxy) is 1. The van der Waals surface area contributed by atoms with Crippen LogP contribution in [0.1, 0.15) is 17.0 Å². The van der Waals surface area contributed by atoms with Gasteiger partial charge in [0.05, 0.1) is 18.7 Å². The van der Waals surface area contributed by atoms with Gasteiger partial charge in [0.15, 0.2) is 5.11 Å². The largest absolute Gasteiger partial charge is 0.495 e. The number of hydrogen-bond acceptors (Lipinski definition) is 3. The minimum absolute atomic E-state index is 0.145. The lowest BCUT2D eigenvalue weighted by Crippen LogP contribution is -2.57. The number of rotatable bonds is 7. The minimum Gasteiger partial charge on any atom is -0.495 e. The van der Waals surface area contributed by atoms with Gasteiger partial charge in [-0.2, -0.15) is 0 Å². The number of hydrogen-bond donors (Lipinski definition) is 3. The van der Waals surface area contributed by atoms with Gasteiger partial charge in [-0.3, -0.25) is 4.79 Å². The molecule has 0 bridgehead atoms. The summed E-state index contributed by atoms with van der Waals surface area (Å²) in [6, 6.07) is 26.0. The van der Waals surface area contributed by atoms with Crippen LogP contribution in [0.2, 0.25) is 0 Å². The third kappa shape index (κ3) is 6.98. The first-order valence-corrected chi connectivity index (χ1v) is 11.5. The number of amides is 1. The second-order valence-electron chi connectivity index (χ2n) is 7.04. The van der Waals surface area contributed by atoms with E-state index in [1.807, 2.05) is 72.8 Å². The maximum absolute atomic E-state index is 13.4. The highest BCUT2D eigenvalue weighted by atomic mass is 35.6. The SMILES string of the molecule is COc1ccccc1NC(=S)N[C@@H](NC(=O)C(c1ccccc1)c1ccccc1)C(Cl)(Cl)Cl. The first-order chi connectivity index (χ1) is 15.8. The van der Waals surface area contributed by atoms with E-state index in [0.29, 0.717) is 11.4 Å². The van der Waals surface area contributed by atoms with Crippen molar-refractivity contribution in [3.05, 3.63) is 96.1 Å². The molecule has 0 saturated heterocycles. The molecule has 0 saturated carbocycles. The van der Waals surface area contributed by atoms with E-state index in [4.69, 9.17) is 51.8 Å². The Bertz CT molecular complexity index is 1040. The molecule has 1 atom stereocenters. The van der Waals surface area contributed by atoms with Gasteiger partial charge in [0.1, 0.15) is 11.9 Å². The molecule has 0 aromatic heterocycles. The molecule has 0 aliphatic heterocycles. The summed E-state index contributed by atoms with van der Waals surface area (Å²) in [6.45, 7) is 0. The van der Waals surface area contributed by atoms with Crippen LogP contribution in [0.4, 0.5) is 5.69 Å². The predicted octanol–water partition coefficient (Wildman–Crippen LogP) is 5.63. The number of carbonyl (C=O) groups is 1. The maximum Gasteiger partial charge on any atom is 0.233 e. The van der Waals surface area contributed by atoms with Gasteiger partial charge >= 0.3 is 0 Å². The topological polar surface area (TPSA) is 62.4 Å². The fraction of sp³-hybridized carbons (Fsp3) is 0.167. The number of alkyl halides is 3. The van der Waals surface area contributed by atoms with Crippen LogP contribution in [0.15, 0.2) is 84.9 Å². The summed E-state index contributed by atoms with van der Waals surface area (Å²) in [4.78, 5) is 13.4. The van der Waals surface area contributed by atoms with Gasteiger partial charge in [-0.25, -0.2) is 0 Å². The molecule has 0 spiro atoms. The van der Waals surface area contributed by atoms with Gasteiger partial charge in [0.25, 0.3) is 0 Å². The molecule has 172 valence electrons. The molecule has 0 fully saturated rings. The van der Waals surface area contributed by atoms with Gasteiger partial charge in [-0.15, -0.1) is 0 Å². The van der Waals surface area contributed by atoms with Crippen molar-refractivity contribution in [2.45, 2.75) is 15.9 Å². The van der Waals surface area contributed by atoms with Crippen molar-refractivity contribution in [1.29, 1.82) is 0 Å². The molecule has 3 aromatic rings. The molecular weight excluding hydrogens is 501 g/mol. The number of para-hydroxylation sites is 2. The standard InChI is InChI=1S/C24H22Cl3N3O2S/c1-32-19-15-9-8-14-18(19)28-23(33)30-22(24(25,26)27)29-21(31)20(16-10-4-2-5-11-16)17-12-6-3-7-13-17/h2-15,20,22H,1H3,(H,29,31)(H2,28,30,33)/t22-/m1/s1. The highest BCUT2D eigenvalue weighted by molar-refractivity contribution is 7.80. The molecule has 9 heteroatoms. The Morgan fingerprint density at radius 1 is 0.848 bits per heavy atom. The van der Waals surface area contributed by atoms with E-state index in [9.17, 15) is 4.79 Å². The van der Waals surface area contributed by atoms with Crippen LogP contribution in [0.3, 0.4) is 0 Å². The van der Waals surface area contributed by atoms with Gasteiger partial charge in [0.2, 0.25) is 9.70 Å². The summed E-state index contributed by atoms with van der Waals surface area (Å²) in [6.07, 6.45) is -1.11. The number of benzene rings is 3. The quantitative estimate of drug-likeness (QED) is 0.213. The molecule has 3 rings (SSSR count). The van der Waals surface area contributed by atoms with Crippen molar-refractivity contribution in [3.63, 3.8) is 0 Å². The zero-order valence-electron chi connectivity index (χ0n) is 17.6. The van der Waals surface area contributed by atoms with Crippen LogP contribution < -0.4 is 20.7 Å². The summed E-state index contributed by atoms with van der Waals surface area (Å²) < 4.78 is 3.43. The third-order valence-corrected chi connectivity index (χ3v) is 5.65. The fourth-order valence-corrected chi connectivity index (χ4v) is 3.80. The van der Waals surface area contributed by atoms with Crippen LogP contribution in [0, 0.1) is 0 Å². The van der Waals surface area contributed by atoms with Crippen molar-refractivity contribution < 1.29 is 9.53 Å². The molecular formula is C24H22Cl3N3O2S. The second kappa shape index (κ2) is 11.6. The summed E-state index contributed by atoms with van der Waals surface area (Å²) in [7, 11) is 1.55. The molecule has 0 aliphatic carbocycles. The number of halogens is 3. The lowest BCUT2D eigenvalue weighted by molar-refractivity contribution is -0.122. The summed E-state index contributed by atoms with van der Waals surface area (Å²) in [5.41, 5.74) is 2.23. The Morgan fingerprint density at radius 2 is 1.36 bits per heavy atom. The first kappa shape index (κ1) is 25.1. The van der Waals surface area contributed by atoms with Gasteiger partial charge < -0.3 is 20.7 Å². The summed E-state index contributed by atoms with van der Waals surface area (Å²) >= 11 is 24.0. The summed E-state index contributed by atoms with van der Waals surface area (Å²) in [5.74, 6) is -0.375. The average molecular weight is 523 g/mol. The van der Waals surface area contributed by atoms with E-state index in [-0.39, 0.29) is 11.0 Å². The minimum atomic E-state index is -1.89. The molecule has 3 aromatic carbocycles. The average Bonchev–Trinajstić information content (AvgIpc) is 2.80. The van der Waals surface area contributed by atoms with Crippen molar-refractivity contribution in [1.82, 2.24) is 10.6 Å². The third-order valence-electron chi connectivity index (χ3n) is 4.77.